The van der Waals surface area contributed by atoms with Gasteiger partial charge in [-0.3, -0.25) is 9.88 Å². The summed E-state index contributed by atoms with van der Waals surface area (Å²) < 4.78 is 17.4. The van der Waals surface area contributed by atoms with Gasteiger partial charge in [-0.05, 0) is 38.0 Å². The Balaban J connectivity index is 1.68. The first kappa shape index (κ1) is 18.1. The molecule has 2 aliphatic heterocycles. The van der Waals surface area contributed by atoms with Crippen LogP contribution in [0.3, 0.4) is 0 Å². The van der Waals surface area contributed by atoms with Crippen LogP contribution in [0.4, 0.5) is 0 Å². The molecule has 0 aliphatic carbocycles. The summed E-state index contributed by atoms with van der Waals surface area (Å²) in [5.41, 5.74) is 4.32. The molecule has 27 heavy (non-hydrogen) atoms. The predicted octanol–water partition coefficient (Wildman–Crippen LogP) is 2.82. The molecule has 1 fully saturated rings. The van der Waals surface area contributed by atoms with Crippen LogP contribution in [0.1, 0.15) is 39.0 Å². The highest BCUT2D eigenvalue weighted by molar-refractivity contribution is 5.91. The Labute approximate surface area is 159 Å². The molecule has 142 valence electrons. The molecule has 0 bridgehead atoms. The highest BCUT2D eigenvalue weighted by Crippen LogP contribution is 2.38. The molecule has 0 N–H and O–H groups in total. The molecule has 6 nitrogen and oxygen atoms in total. The van der Waals surface area contributed by atoms with Crippen molar-refractivity contribution in [2.45, 2.75) is 26.5 Å². The largest absolute Gasteiger partial charge is 0.421 e. The Kier molecular flexibility index (Phi) is 5.20. The molecule has 0 amide bonds. The minimum atomic E-state index is -0.375. The zero-order valence-electron chi connectivity index (χ0n) is 15.7. The van der Waals surface area contributed by atoms with Gasteiger partial charge in [0.15, 0.2) is 5.75 Å². The fourth-order valence-corrected chi connectivity index (χ4v) is 3.55. The van der Waals surface area contributed by atoms with E-state index in [9.17, 15) is 4.79 Å². The number of benzene rings is 1. The van der Waals surface area contributed by atoms with E-state index in [1.807, 2.05) is 32.2 Å². The Morgan fingerprint density at radius 3 is 2.63 bits per heavy atom. The van der Waals surface area contributed by atoms with Crippen LogP contribution in [0, 0.1) is 13.8 Å². The number of carbonyl (C=O) groups excluding carboxylic acids is 1. The summed E-state index contributed by atoms with van der Waals surface area (Å²) in [6.07, 6.45) is 2.41. The SMILES string of the molecule is Cc1ccc(C(=O)Oc2c(C)ncc3c2C(N2CCOCC2)OCC3)cc1. The summed E-state index contributed by atoms with van der Waals surface area (Å²) in [7, 11) is 0. The molecule has 1 saturated heterocycles. The molecule has 1 aromatic heterocycles. The molecule has 1 atom stereocenters. The second kappa shape index (κ2) is 7.76. The number of fused-ring (bicyclic) bond motifs is 1. The minimum absolute atomic E-state index is 0.236. The van der Waals surface area contributed by atoms with Crippen molar-refractivity contribution in [3.63, 3.8) is 0 Å². The lowest BCUT2D eigenvalue weighted by Crippen LogP contribution is -2.42. The molecule has 0 radical (unpaired) electrons. The highest BCUT2D eigenvalue weighted by atomic mass is 16.5. The van der Waals surface area contributed by atoms with Crippen LogP contribution in [-0.4, -0.2) is 48.8 Å². The molecular weight excluding hydrogens is 344 g/mol. The molecule has 1 aromatic carbocycles. The number of aryl methyl sites for hydroxylation is 2. The van der Waals surface area contributed by atoms with E-state index in [0.29, 0.717) is 36.8 Å². The van der Waals surface area contributed by atoms with E-state index in [2.05, 4.69) is 9.88 Å². The lowest BCUT2D eigenvalue weighted by atomic mass is 10.00. The van der Waals surface area contributed by atoms with Crippen LogP contribution in [0.5, 0.6) is 5.75 Å². The Hall–Kier alpha value is -2.28. The van der Waals surface area contributed by atoms with Crippen molar-refractivity contribution in [1.82, 2.24) is 9.88 Å². The quantitative estimate of drug-likeness (QED) is 0.777. The van der Waals surface area contributed by atoms with Crippen LogP contribution >= 0.6 is 0 Å². The number of carbonyl (C=O) groups is 1. The van der Waals surface area contributed by atoms with Crippen molar-refractivity contribution in [1.29, 1.82) is 0 Å². The maximum atomic E-state index is 12.7. The summed E-state index contributed by atoms with van der Waals surface area (Å²) in [4.78, 5) is 19.4. The normalized spacial score (nSPS) is 20.1. The first-order valence-corrected chi connectivity index (χ1v) is 9.34. The average Bonchev–Trinajstić information content (AvgIpc) is 2.70. The van der Waals surface area contributed by atoms with Crippen molar-refractivity contribution in [2.24, 2.45) is 0 Å². The second-order valence-corrected chi connectivity index (χ2v) is 6.99. The van der Waals surface area contributed by atoms with Gasteiger partial charge in [0, 0.05) is 24.8 Å². The summed E-state index contributed by atoms with van der Waals surface area (Å²) in [6.45, 7) is 7.41. The highest BCUT2D eigenvalue weighted by Gasteiger charge is 2.33. The molecule has 1 unspecified atom stereocenters. The zero-order valence-corrected chi connectivity index (χ0v) is 15.7. The first-order valence-electron chi connectivity index (χ1n) is 9.34. The maximum Gasteiger partial charge on any atom is 0.343 e. The van der Waals surface area contributed by atoms with Crippen molar-refractivity contribution < 1.29 is 19.0 Å². The average molecular weight is 368 g/mol. The fraction of sp³-hybridized carbons (Fsp3) is 0.429. The number of hydrogen-bond donors (Lipinski definition) is 0. The summed E-state index contributed by atoms with van der Waals surface area (Å²) in [6, 6.07) is 7.38. The number of nitrogens with zero attached hydrogens (tertiary/aromatic N) is 2. The van der Waals surface area contributed by atoms with Crippen LogP contribution < -0.4 is 4.74 Å². The number of rotatable bonds is 3. The third-order valence-electron chi connectivity index (χ3n) is 5.09. The summed E-state index contributed by atoms with van der Waals surface area (Å²) in [5, 5.41) is 0. The number of hydrogen-bond acceptors (Lipinski definition) is 6. The molecule has 2 aliphatic rings. The van der Waals surface area contributed by atoms with Crippen LogP contribution in [-0.2, 0) is 15.9 Å². The second-order valence-electron chi connectivity index (χ2n) is 6.99. The van der Waals surface area contributed by atoms with Gasteiger partial charge in [0.25, 0.3) is 0 Å². The van der Waals surface area contributed by atoms with Gasteiger partial charge >= 0.3 is 5.97 Å². The number of aromatic nitrogens is 1. The van der Waals surface area contributed by atoms with E-state index in [0.717, 1.165) is 36.2 Å². The number of esters is 1. The first-order chi connectivity index (χ1) is 13.1. The van der Waals surface area contributed by atoms with Crippen molar-refractivity contribution in [3.8, 4) is 5.75 Å². The Bertz CT molecular complexity index is 829. The smallest absolute Gasteiger partial charge is 0.343 e. The number of morpholine rings is 1. The molecule has 6 heteroatoms. The predicted molar refractivity (Wildman–Crippen MR) is 99.9 cm³/mol. The van der Waals surface area contributed by atoms with Crippen LogP contribution in [0.2, 0.25) is 0 Å². The van der Waals surface area contributed by atoms with Crippen molar-refractivity contribution in [2.75, 3.05) is 32.9 Å². The number of ether oxygens (including phenoxy) is 3. The lowest BCUT2D eigenvalue weighted by Gasteiger charge is -2.38. The topological polar surface area (TPSA) is 60.9 Å². The molecular formula is C21H24N2O4. The third kappa shape index (κ3) is 3.74. The monoisotopic (exact) mass is 368 g/mol. The summed E-state index contributed by atoms with van der Waals surface area (Å²) in [5.74, 6) is 0.147. The maximum absolute atomic E-state index is 12.7. The molecule has 0 spiro atoms. The van der Waals surface area contributed by atoms with Gasteiger partial charge in [0.2, 0.25) is 0 Å². The van der Waals surface area contributed by atoms with E-state index in [-0.39, 0.29) is 12.2 Å². The molecule has 4 rings (SSSR count). The molecule has 0 saturated carbocycles. The summed E-state index contributed by atoms with van der Waals surface area (Å²) >= 11 is 0. The lowest BCUT2D eigenvalue weighted by molar-refractivity contribution is -0.106. The Morgan fingerprint density at radius 1 is 1.15 bits per heavy atom. The van der Waals surface area contributed by atoms with Crippen LogP contribution in [0.15, 0.2) is 30.5 Å². The fourth-order valence-electron chi connectivity index (χ4n) is 3.55. The number of pyridine rings is 1. The van der Waals surface area contributed by atoms with E-state index < -0.39 is 0 Å². The van der Waals surface area contributed by atoms with Crippen molar-refractivity contribution >= 4 is 5.97 Å². The van der Waals surface area contributed by atoms with E-state index >= 15 is 0 Å². The van der Waals surface area contributed by atoms with Gasteiger partial charge in [0.1, 0.15) is 6.23 Å². The van der Waals surface area contributed by atoms with Crippen LogP contribution in [0.25, 0.3) is 0 Å². The van der Waals surface area contributed by atoms with E-state index in [1.54, 1.807) is 12.1 Å². The molecule has 2 aromatic rings. The van der Waals surface area contributed by atoms with E-state index in [4.69, 9.17) is 14.2 Å². The van der Waals surface area contributed by atoms with Gasteiger partial charge in [-0.1, -0.05) is 17.7 Å². The standard InChI is InChI=1S/C21H24N2O4/c1-14-3-5-16(6-4-14)21(24)27-19-15(2)22-13-17-7-10-26-20(18(17)19)23-8-11-25-12-9-23/h3-6,13,20H,7-12H2,1-2H3. The van der Waals surface area contributed by atoms with E-state index in [1.165, 1.54) is 0 Å². The van der Waals surface area contributed by atoms with Gasteiger partial charge in [-0.25, -0.2) is 4.79 Å². The van der Waals surface area contributed by atoms with Gasteiger partial charge in [0.05, 0.1) is 31.1 Å². The molecule has 3 heterocycles. The zero-order chi connectivity index (χ0) is 18.8. The Morgan fingerprint density at radius 2 is 1.89 bits per heavy atom. The van der Waals surface area contributed by atoms with Gasteiger partial charge < -0.3 is 14.2 Å². The van der Waals surface area contributed by atoms with Gasteiger partial charge in [-0.2, -0.15) is 0 Å². The van der Waals surface area contributed by atoms with Gasteiger partial charge in [-0.15, -0.1) is 0 Å². The minimum Gasteiger partial charge on any atom is -0.421 e. The third-order valence-corrected chi connectivity index (χ3v) is 5.09. The van der Waals surface area contributed by atoms with Crippen molar-refractivity contribution in [3.05, 3.63) is 58.4 Å².